The lowest BCUT2D eigenvalue weighted by molar-refractivity contribution is 0.661. The second-order valence-corrected chi connectivity index (χ2v) is 5.06. The van der Waals surface area contributed by atoms with Crippen molar-refractivity contribution >= 4 is 0 Å². The quantitative estimate of drug-likeness (QED) is 0.855. The van der Waals surface area contributed by atoms with E-state index in [0.717, 1.165) is 24.2 Å². The van der Waals surface area contributed by atoms with Crippen LogP contribution in [0.15, 0.2) is 30.3 Å². The molecule has 0 atom stereocenters. The highest BCUT2D eigenvalue weighted by molar-refractivity contribution is 5.61. The van der Waals surface area contributed by atoms with E-state index in [-0.39, 0.29) is 5.54 Å². The van der Waals surface area contributed by atoms with Crippen molar-refractivity contribution in [3.8, 4) is 11.3 Å². The Kier molecular flexibility index (Phi) is 2.13. The summed E-state index contributed by atoms with van der Waals surface area (Å²) < 4.78 is 1.92. The summed E-state index contributed by atoms with van der Waals surface area (Å²) >= 11 is 0. The van der Waals surface area contributed by atoms with Gasteiger partial charge < -0.3 is 5.73 Å². The third-order valence-corrected chi connectivity index (χ3v) is 3.53. The number of aryl methyl sites for hydroxylation is 2. The molecule has 88 valence electrons. The Bertz CT molecular complexity index is 547. The van der Waals surface area contributed by atoms with Gasteiger partial charge >= 0.3 is 0 Å². The van der Waals surface area contributed by atoms with E-state index in [2.05, 4.69) is 42.4 Å². The predicted octanol–water partition coefficient (Wildman–Crippen LogP) is 2.34. The van der Waals surface area contributed by atoms with Crippen LogP contribution in [0.4, 0.5) is 0 Å². The molecule has 2 aromatic rings. The van der Waals surface area contributed by atoms with Crippen LogP contribution in [-0.2, 0) is 12.6 Å². The molecule has 1 aliphatic carbocycles. The molecule has 3 rings (SSSR count). The average Bonchev–Trinajstić information content (AvgIpc) is 2.93. The largest absolute Gasteiger partial charge is 0.320 e. The standard InChI is InChI=1S/C14H17N3/c1-10-3-5-11(6-4-10)12-9-13(16-17(12)2)14(15)7-8-14/h3-6,9H,7-8,15H2,1-2H3. The summed E-state index contributed by atoms with van der Waals surface area (Å²) in [5.41, 5.74) is 10.7. The minimum atomic E-state index is -0.152. The fourth-order valence-corrected chi connectivity index (χ4v) is 2.10. The van der Waals surface area contributed by atoms with Gasteiger partial charge in [0.25, 0.3) is 0 Å². The smallest absolute Gasteiger partial charge is 0.0829 e. The summed E-state index contributed by atoms with van der Waals surface area (Å²) in [6.07, 6.45) is 2.11. The van der Waals surface area contributed by atoms with Gasteiger partial charge in [-0.15, -0.1) is 0 Å². The molecule has 3 heteroatoms. The summed E-state index contributed by atoms with van der Waals surface area (Å²) in [7, 11) is 1.98. The van der Waals surface area contributed by atoms with Crippen LogP contribution in [-0.4, -0.2) is 9.78 Å². The Labute approximate surface area is 101 Å². The predicted molar refractivity (Wildman–Crippen MR) is 68.5 cm³/mol. The second kappa shape index (κ2) is 3.44. The van der Waals surface area contributed by atoms with Crippen molar-refractivity contribution in [3.05, 3.63) is 41.6 Å². The summed E-state index contributed by atoms with van der Waals surface area (Å²) in [4.78, 5) is 0. The van der Waals surface area contributed by atoms with Gasteiger partial charge in [0, 0.05) is 7.05 Å². The van der Waals surface area contributed by atoms with Gasteiger partial charge in [-0.2, -0.15) is 5.10 Å². The maximum absolute atomic E-state index is 6.18. The molecule has 1 aliphatic rings. The molecule has 0 saturated heterocycles. The Morgan fingerprint density at radius 1 is 1.24 bits per heavy atom. The topological polar surface area (TPSA) is 43.8 Å². The maximum atomic E-state index is 6.18. The van der Waals surface area contributed by atoms with Crippen LogP contribution in [0, 0.1) is 6.92 Å². The van der Waals surface area contributed by atoms with E-state index >= 15 is 0 Å². The van der Waals surface area contributed by atoms with E-state index in [4.69, 9.17) is 5.73 Å². The van der Waals surface area contributed by atoms with Gasteiger partial charge in [0.15, 0.2) is 0 Å². The summed E-state index contributed by atoms with van der Waals surface area (Å²) in [6.45, 7) is 2.09. The van der Waals surface area contributed by atoms with Crippen LogP contribution in [0.3, 0.4) is 0 Å². The lowest BCUT2D eigenvalue weighted by Crippen LogP contribution is -2.19. The normalized spacial score (nSPS) is 17.1. The van der Waals surface area contributed by atoms with E-state index in [1.165, 1.54) is 11.1 Å². The number of nitrogens with two attached hydrogens (primary N) is 1. The number of nitrogens with zero attached hydrogens (tertiary/aromatic N) is 2. The van der Waals surface area contributed by atoms with Gasteiger partial charge in [-0.05, 0) is 31.4 Å². The van der Waals surface area contributed by atoms with E-state index < -0.39 is 0 Å². The van der Waals surface area contributed by atoms with Crippen LogP contribution < -0.4 is 5.73 Å². The summed E-state index contributed by atoms with van der Waals surface area (Å²) in [5, 5.41) is 4.53. The Morgan fingerprint density at radius 2 is 1.88 bits per heavy atom. The van der Waals surface area contributed by atoms with Crippen molar-refractivity contribution in [2.24, 2.45) is 12.8 Å². The van der Waals surface area contributed by atoms with Crippen LogP contribution in [0.1, 0.15) is 24.1 Å². The van der Waals surface area contributed by atoms with E-state index in [9.17, 15) is 0 Å². The molecule has 1 heterocycles. The highest BCUT2D eigenvalue weighted by Crippen LogP contribution is 2.42. The first kappa shape index (κ1) is 10.5. The molecule has 0 spiro atoms. The highest BCUT2D eigenvalue weighted by atomic mass is 15.3. The minimum absolute atomic E-state index is 0.152. The fourth-order valence-electron chi connectivity index (χ4n) is 2.10. The van der Waals surface area contributed by atoms with E-state index in [1.807, 2.05) is 11.7 Å². The zero-order chi connectivity index (χ0) is 12.0. The maximum Gasteiger partial charge on any atom is 0.0829 e. The Balaban J connectivity index is 2.03. The first-order valence-electron chi connectivity index (χ1n) is 5.99. The molecule has 3 nitrogen and oxygen atoms in total. The molecular weight excluding hydrogens is 210 g/mol. The van der Waals surface area contributed by atoms with Crippen molar-refractivity contribution in [1.82, 2.24) is 9.78 Å². The summed E-state index contributed by atoms with van der Waals surface area (Å²) in [5.74, 6) is 0. The van der Waals surface area contributed by atoms with Crippen molar-refractivity contribution in [1.29, 1.82) is 0 Å². The molecule has 1 saturated carbocycles. The zero-order valence-electron chi connectivity index (χ0n) is 10.3. The molecule has 17 heavy (non-hydrogen) atoms. The van der Waals surface area contributed by atoms with Crippen LogP contribution in [0.5, 0.6) is 0 Å². The van der Waals surface area contributed by atoms with Crippen LogP contribution in [0.2, 0.25) is 0 Å². The zero-order valence-corrected chi connectivity index (χ0v) is 10.3. The van der Waals surface area contributed by atoms with Crippen LogP contribution in [0.25, 0.3) is 11.3 Å². The van der Waals surface area contributed by atoms with Crippen molar-refractivity contribution < 1.29 is 0 Å². The molecule has 0 aliphatic heterocycles. The molecule has 0 amide bonds. The number of rotatable bonds is 2. The summed E-state index contributed by atoms with van der Waals surface area (Å²) in [6, 6.07) is 10.6. The number of hydrogen-bond donors (Lipinski definition) is 1. The Morgan fingerprint density at radius 3 is 2.47 bits per heavy atom. The fraction of sp³-hybridized carbons (Fsp3) is 0.357. The number of benzene rings is 1. The molecule has 2 N–H and O–H groups in total. The Hall–Kier alpha value is -1.61. The minimum Gasteiger partial charge on any atom is -0.320 e. The third kappa shape index (κ3) is 1.76. The van der Waals surface area contributed by atoms with Gasteiger partial charge in [-0.3, -0.25) is 4.68 Å². The molecule has 1 aromatic heterocycles. The SMILES string of the molecule is Cc1ccc(-c2cc(C3(N)CC3)nn2C)cc1. The highest BCUT2D eigenvalue weighted by Gasteiger charge is 2.42. The number of hydrogen-bond acceptors (Lipinski definition) is 2. The lowest BCUT2D eigenvalue weighted by atomic mass is 10.1. The van der Waals surface area contributed by atoms with Gasteiger partial charge in [0.2, 0.25) is 0 Å². The van der Waals surface area contributed by atoms with Gasteiger partial charge in [0.1, 0.15) is 0 Å². The molecule has 0 radical (unpaired) electrons. The van der Waals surface area contributed by atoms with Gasteiger partial charge in [-0.25, -0.2) is 0 Å². The van der Waals surface area contributed by atoms with Gasteiger partial charge in [-0.1, -0.05) is 29.8 Å². The molecule has 0 bridgehead atoms. The lowest BCUT2D eigenvalue weighted by Gasteiger charge is -2.01. The van der Waals surface area contributed by atoms with Gasteiger partial charge in [0.05, 0.1) is 16.9 Å². The molecule has 1 fully saturated rings. The molecular formula is C14H17N3. The molecule has 1 aromatic carbocycles. The monoisotopic (exact) mass is 227 g/mol. The van der Waals surface area contributed by atoms with Crippen molar-refractivity contribution in [2.75, 3.05) is 0 Å². The number of aromatic nitrogens is 2. The second-order valence-electron chi connectivity index (χ2n) is 5.06. The average molecular weight is 227 g/mol. The first-order valence-corrected chi connectivity index (χ1v) is 5.99. The first-order chi connectivity index (χ1) is 8.08. The third-order valence-electron chi connectivity index (χ3n) is 3.53. The van der Waals surface area contributed by atoms with E-state index in [1.54, 1.807) is 0 Å². The van der Waals surface area contributed by atoms with Crippen LogP contribution >= 0.6 is 0 Å². The van der Waals surface area contributed by atoms with Crippen molar-refractivity contribution in [2.45, 2.75) is 25.3 Å². The van der Waals surface area contributed by atoms with E-state index in [0.29, 0.717) is 0 Å². The molecule has 0 unspecified atom stereocenters. The van der Waals surface area contributed by atoms with Crippen molar-refractivity contribution in [3.63, 3.8) is 0 Å².